The van der Waals surface area contributed by atoms with Gasteiger partial charge >= 0.3 is 0 Å². The molecule has 0 aliphatic rings. The molecule has 0 aliphatic carbocycles. The lowest BCUT2D eigenvalue weighted by atomic mass is 9.88. The van der Waals surface area contributed by atoms with Gasteiger partial charge < -0.3 is 21.1 Å². The zero-order chi connectivity index (χ0) is 19.0. The van der Waals surface area contributed by atoms with Crippen LogP contribution in [0.5, 0.6) is 5.75 Å². The highest BCUT2D eigenvalue weighted by Crippen LogP contribution is 2.28. The molecule has 25 heavy (non-hydrogen) atoms. The number of hydrogen-bond acceptors (Lipinski definition) is 4. The summed E-state index contributed by atoms with van der Waals surface area (Å²) >= 11 is 0. The Morgan fingerprint density at radius 1 is 1.28 bits per heavy atom. The number of benzene rings is 1. The second-order valence-corrected chi connectivity index (χ2v) is 6.75. The minimum Gasteiger partial charge on any atom is -0.494 e. The van der Waals surface area contributed by atoms with E-state index in [2.05, 4.69) is 10.6 Å². The number of para-hydroxylation sites is 1. The molecule has 6 heteroatoms. The SMILES string of the molecule is CCOc1ccccc1C(CC(=O)NC(C)(CN)C(C)C)NC(C)=O. The lowest BCUT2D eigenvalue weighted by Crippen LogP contribution is -2.55. The van der Waals surface area contributed by atoms with Crippen LogP contribution >= 0.6 is 0 Å². The number of amides is 2. The smallest absolute Gasteiger partial charge is 0.222 e. The van der Waals surface area contributed by atoms with Gasteiger partial charge in [0.15, 0.2) is 0 Å². The molecule has 0 bridgehead atoms. The van der Waals surface area contributed by atoms with E-state index in [0.717, 1.165) is 5.56 Å². The maximum atomic E-state index is 12.6. The summed E-state index contributed by atoms with van der Waals surface area (Å²) in [6.45, 7) is 10.1. The Morgan fingerprint density at radius 2 is 1.92 bits per heavy atom. The first-order valence-electron chi connectivity index (χ1n) is 8.73. The summed E-state index contributed by atoms with van der Waals surface area (Å²) in [6, 6.07) is 6.97. The van der Waals surface area contributed by atoms with Crippen LogP contribution in [0.1, 0.15) is 52.6 Å². The topological polar surface area (TPSA) is 93.4 Å². The predicted molar refractivity (Wildman–Crippen MR) is 99.2 cm³/mol. The molecular formula is C19H31N3O3. The van der Waals surface area contributed by atoms with Crippen molar-refractivity contribution in [3.63, 3.8) is 0 Å². The third-order valence-electron chi connectivity index (χ3n) is 4.48. The van der Waals surface area contributed by atoms with Crippen molar-refractivity contribution >= 4 is 11.8 Å². The van der Waals surface area contributed by atoms with Crippen LogP contribution < -0.4 is 21.1 Å². The van der Waals surface area contributed by atoms with Crippen molar-refractivity contribution in [3.05, 3.63) is 29.8 Å². The summed E-state index contributed by atoms with van der Waals surface area (Å²) in [5.74, 6) is 0.500. The van der Waals surface area contributed by atoms with Crippen LogP contribution in [0.4, 0.5) is 0 Å². The molecule has 0 heterocycles. The third kappa shape index (κ3) is 6.05. The molecular weight excluding hydrogens is 318 g/mol. The molecule has 1 rings (SSSR count). The van der Waals surface area contributed by atoms with E-state index in [1.165, 1.54) is 6.92 Å². The highest BCUT2D eigenvalue weighted by molar-refractivity contribution is 5.80. The van der Waals surface area contributed by atoms with Crippen molar-refractivity contribution in [1.29, 1.82) is 0 Å². The van der Waals surface area contributed by atoms with Crippen molar-refractivity contribution in [2.75, 3.05) is 13.2 Å². The molecule has 1 aromatic rings. The molecule has 4 N–H and O–H groups in total. The Morgan fingerprint density at radius 3 is 2.44 bits per heavy atom. The number of nitrogens with two attached hydrogens (primary N) is 1. The number of carbonyl (C=O) groups excluding carboxylic acids is 2. The Labute approximate surface area is 150 Å². The summed E-state index contributed by atoms with van der Waals surface area (Å²) in [5, 5.41) is 5.86. The van der Waals surface area contributed by atoms with Crippen molar-refractivity contribution < 1.29 is 14.3 Å². The average molecular weight is 349 g/mol. The molecule has 0 spiro atoms. The van der Waals surface area contributed by atoms with E-state index in [4.69, 9.17) is 10.5 Å². The Kier molecular flexibility index (Phi) is 7.90. The summed E-state index contributed by atoms with van der Waals surface area (Å²) in [6.07, 6.45) is 0.117. The first-order chi connectivity index (χ1) is 11.7. The van der Waals surface area contributed by atoms with Gasteiger partial charge in [0.1, 0.15) is 5.75 Å². The largest absolute Gasteiger partial charge is 0.494 e. The summed E-state index contributed by atoms with van der Waals surface area (Å²) < 4.78 is 5.64. The number of hydrogen-bond donors (Lipinski definition) is 3. The van der Waals surface area contributed by atoms with Crippen molar-refractivity contribution in [3.8, 4) is 5.75 Å². The molecule has 0 aliphatic heterocycles. The maximum absolute atomic E-state index is 12.6. The van der Waals surface area contributed by atoms with E-state index >= 15 is 0 Å². The lowest BCUT2D eigenvalue weighted by Gasteiger charge is -2.34. The number of ether oxygens (including phenoxy) is 1. The molecule has 0 saturated heterocycles. The van der Waals surface area contributed by atoms with Crippen LogP contribution in [0.3, 0.4) is 0 Å². The van der Waals surface area contributed by atoms with Crippen molar-refractivity contribution in [2.45, 2.75) is 52.6 Å². The van der Waals surface area contributed by atoms with Crippen molar-refractivity contribution in [1.82, 2.24) is 10.6 Å². The van der Waals surface area contributed by atoms with Crippen LogP contribution in [0.2, 0.25) is 0 Å². The van der Waals surface area contributed by atoms with Gasteiger partial charge in [-0.2, -0.15) is 0 Å². The Hall–Kier alpha value is -2.08. The number of nitrogens with one attached hydrogen (secondary N) is 2. The third-order valence-corrected chi connectivity index (χ3v) is 4.48. The molecule has 0 saturated carbocycles. The molecule has 0 aromatic heterocycles. The normalized spacial score (nSPS) is 14.5. The fourth-order valence-electron chi connectivity index (χ4n) is 2.53. The zero-order valence-electron chi connectivity index (χ0n) is 15.9. The second-order valence-electron chi connectivity index (χ2n) is 6.75. The molecule has 140 valence electrons. The standard InChI is InChI=1S/C19H31N3O3/c1-6-25-17-10-8-7-9-15(17)16(21-14(4)23)11-18(24)22-19(5,12-20)13(2)3/h7-10,13,16H,6,11-12,20H2,1-5H3,(H,21,23)(H,22,24). The van der Waals surface area contributed by atoms with E-state index in [9.17, 15) is 9.59 Å². The molecule has 2 unspecified atom stereocenters. The number of rotatable bonds is 9. The highest BCUT2D eigenvalue weighted by atomic mass is 16.5. The average Bonchev–Trinajstić information content (AvgIpc) is 2.54. The lowest BCUT2D eigenvalue weighted by molar-refractivity contribution is -0.124. The van der Waals surface area contributed by atoms with E-state index in [1.807, 2.05) is 52.0 Å². The molecule has 0 radical (unpaired) electrons. The van der Waals surface area contributed by atoms with Gasteiger partial charge in [0.05, 0.1) is 24.6 Å². The van der Waals surface area contributed by atoms with Crippen LogP contribution in [-0.2, 0) is 9.59 Å². The van der Waals surface area contributed by atoms with Crippen LogP contribution in [0.25, 0.3) is 0 Å². The van der Waals surface area contributed by atoms with Crippen LogP contribution in [-0.4, -0.2) is 30.5 Å². The van der Waals surface area contributed by atoms with Crippen molar-refractivity contribution in [2.24, 2.45) is 11.7 Å². The molecule has 2 amide bonds. The van der Waals surface area contributed by atoms with Gasteiger partial charge in [-0.3, -0.25) is 9.59 Å². The predicted octanol–water partition coefficient (Wildman–Crippen LogP) is 2.14. The van der Waals surface area contributed by atoms with E-state index in [-0.39, 0.29) is 24.2 Å². The van der Waals surface area contributed by atoms with Gasteiger partial charge in [-0.1, -0.05) is 32.0 Å². The van der Waals surface area contributed by atoms with Gasteiger partial charge in [0.2, 0.25) is 11.8 Å². The zero-order valence-corrected chi connectivity index (χ0v) is 15.9. The summed E-state index contributed by atoms with van der Waals surface area (Å²) in [5.41, 5.74) is 6.14. The van der Waals surface area contributed by atoms with Crippen LogP contribution in [0.15, 0.2) is 24.3 Å². The second kappa shape index (κ2) is 9.42. The van der Waals surface area contributed by atoms with Crippen LogP contribution in [0, 0.1) is 5.92 Å². The molecule has 1 aromatic carbocycles. The first kappa shape index (κ1) is 21.0. The Balaban J connectivity index is 3.01. The minimum absolute atomic E-state index is 0.117. The summed E-state index contributed by atoms with van der Waals surface area (Å²) in [7, 11) is 0. The quantitative estimate of drug-likeness (QED) is 0.637. The van der Waals surface area contributed by atoms with Gasteiger partial charge in [0, 0.05) is 19.0 Å². The molecule has 2 atom stereocenters. The van der Waals surface area contributed by atoms with Gasteiger partial charge in [0.25, 0.3) is 0 Å². The fraction of sp³-hybridized carbons (Fsp3) is 0.579. The summed E-state index contributed by atoms with van der Waals surface area (Å²) in [4.78, 5) is 24.2. The molecule has 6 nitrogen and oxygen atoms in total. The maximum Gasteiger partial charge on any atom is 0.222 e. The minimum atomic E-state index is -0.489. The van der Waals surface area contributed by atoms with Gasteiger partial charge in [-0.25, -0.2) is 0 Å². The van der Waals surface area contributed by atoms with E-state index in [1.54, 1.807) is 0 Å². The number of carbonyl (C=O) groups is 2. The monoisotopic (exact) mass is 349 g/mol. The van der Waals surface area contributed by atoms with Gasteiger partial charge in [-0.15, -0.1) is 0 Å². The van der Waals surface area contributed by atoms with E-state index in [0.29, 0.717) is 18.9 Å². The van der Waals surface area contributed by atoms with Gasteiger partial charge in [-0.05, 0) is 25.8 Å². The Bertz CT molecular complexity index is 589. The fourth-order valence-corrected chi connectivity index (χ4v) is 2.53. The molecule has 0 fully saturated rings. The first-order valence-corrected chi connectivity index (χ1v) is 8.73. The highest BCUT2D eigenvalue weighted by Gasteiger charge is 2.30. The van der Waals surface area contributed by atoms with E-state index < -0.39 is 11.6 Å².